The molecule has 1 unspecified atom stereocenters. The molecule has 0 aromatic rings. The van der Waals surface area contributed by atoms with Gasteiger partial charge in [0.2, 0.25) is 0 Å². The summed E-state index contributed by atoms with van der Waals surface area (Å²) in [6.45, 7) is 1.86. The molecular formula is C10H14BrF7. The Bertz CT molecular complexity index is 249. The maximum atomic E-state index is 13.1. The van der Waals surface area contributed by atoms with Crippen molar-refractivity contribution in [3.63, 3.8) is 0 Å². The molecule has 110 valence electrons. The minimum Gasteiger partial charge on any atom is -0.198 e. The second-order valence-corrected chi connectivity index (χ2v) is 5.12. The Balaban J connectivity index is 4.61. The Morgan fingerprint density at radius 1 is 0.889 bits per heavy atom. The van der Waals surface area contributed by atoms with Gasteiger partial charge in [0.25, 0.3) is 0 Å². The van der Waals surface area contributed by atoms with E-state index in [-0.39, 0.29) is 6.42 Å². The minimum absolute atomic E-state index is 0.174. The van der Waals surface area contributed by atoms with E-state index in [2.05, 4.69) is 15.9 Å². The lowest BCUT2D eigenvalue weighted by molar-refractivity contribution is -0.353. The van der Waals surface area contributed by atoms with Crippen LogP contribution in [0.15, 0.2) is 0 Å². The van der Waals surface area contributed by atoms with Gasteiger partial charge in [-0.15, -0.1) is 0 Å². The van der Waals surface area contributed by atoms with Gasteiger partial charge >= 0.3 is 18.0 Å². The Morgan fingerprint density at radius 2 is 1.39 bits per heavy atom. The van der Waals surface area contributed by atoms with Gasteiger partial charge in [-0.1, -0.05) is 48.5 Å². The molecule has 0 nitrogen and oxygen atoms in total. The zero-order chi connectivity index (χ0) is 14.6. The zero-order valence-electron chi connectivity index (χ0n) is 9.64. The van der Waals surface area contributed by atoms with E-state index in [4.69, 9.17) is 0 Å². The standard InChI is InChI=1S/C10H14BrF7/c1-2-3-4-5-6-7(11)8(12,13)9(14,15)10(16,17)18/h7H,2-6H2,1H3. The van der Waals surface area contributed by atoms with Gasteiger partial charge in [-0.3, -0.25) is 0 Å². The van der Waals surface area contributed by atoms with Gasteiger partial charge in [-0.05, 0) is 6.42 Å². The van der Waals surface area contributed by atoms with Crippen molar-refractivity contribution in [1.82, 2.24) is 0 Å². The first-order valence-electron chi connectivity index (χ1n) is 5.45. The van der Waals surface area contributed by atoms with E-state index >= 15 is 0 Å². The fourth-order valence-electron chi connectivity index (χ4n) is 1.32. The van der Waals surface area contributed by atoms with Gasteiger partial charge in [0, 0.05) is 0 Å². The molecule has 0 saturated carbocycles. The molecule has 0 bridgehead atoms. The van der Waals surface area contributed by atoms with Crippen molar-refractivity contribution < 1.29 is 30.7 Å². The molecule has 18 heavy (non-hydrogen) atoms. The van der Waals surface area contributed by atoms with E-state index in [1.165, 1.54) is 0 Å². The Kier molecular flexibility index (Phi) is 6.43. The third-order valence-electron chi connectivity index (χ3n) is 2.48. The monoisotopic (exact) mass is 346 g/mol. The van der Waals surface area contributed by atoms with E-state index in [9.17, 15) is 30.7 Å². The second-order valence-electron chi connectivity index (χ2n) is 4.01. The smallest absolute Gasteiger partial charge is 0.198 e. The number of alkyl halides is 8. The van der Waals surface area contributed by atoms with Crippen LogP contribution in [0.2, 0.25) is 0 Å². The average molecular weight is 347 g/mol. The summed E-state index contributed by atoms with van der Waals surface area (Å²) in [5, 5.41) is 0. The first-order valence-corrected chi connectivity index (χ1v) is 6.36. The third-order valence-corrected chi connectivity index (χ3v) is 3.51. The SMILES string of the molecule is CCCCCCC(Br)C(F)(F)C(F)(F)C(F)(F)F. The predicted octanol–water partition coefficient (Wildman–Crippen LogP) is 5.55. The van der Waals surface area contributed by atoms with E-state index in [0.717, 1.165) is 12.8 Å². The van der Waals surface area contributed by atoms with Crippen LogP contribution in [-0.4, -0.2) is 22.8 Å². The summed E-state index contributed by atoms with van der Waals surface area (Å²) in [6.07, 6.45) is -4.47. The van der Waals surface area contributed by atoms with Crippen LogP contribution in [0, 0.1) is 0 Å². The van der Waals surface area contributed by atoms with Crippen molar-refractivity contribution in [2.75, 3.05) is 0 Å². The van der Waals surface area contributed by atoms with Crippen LogP contribution in [-0.2, 0) is 0 Å². The minimum atomic E-state index is -6.26. The van der Waals surface area contributed by atoms with Gasteiger partial charge < -0.3 is 0 Å². The molecule has 0 radical (unpaired) electrons. The van der Waals surface area contributed by atoms with E-state index in [1.54, 1.807) is 0 Å². The summed E-state index contributed by atoms with van der Waals surface area (Å²) >= 11 is 2.25. The molecular weight excluding hydrogens is 333 g/mol. The van der Waals surface area contributed by atoms with Crippen LogP contribution >= 0.6 is 15.9 Å². The number of unbranched alkanes of at least 4 members (excludes halogenated alkanes) is 3. The van der Waals surface area contributed by atoms with Gasteiger partial charge in [-0.25, -0.2) is 0 Å². The van der Waals surface area contributed by atoms with Crippen LogP contribution < -0.4 is 0 Å². The lowest BCUT2D eigenvalue weighted by atomic mass is 10.0. The molecule has 0 rings (SSSR count). The topological polar surface area (TPSA) is 0 Å². The van der Waals surface area contributed by atoms with E-state index in [0.29, 0.717) is 6.42 Å². The van der Waals surface area contributed by atoms with Crippen LogP contribution in [0.4, 0.5) is 30.7 Å². The maximum Gasteiger partial charge on any atom is 0.459 e. The van der Waals surface area contributed by atoms with Crippen molar-refractivity contribution in [1.29, 1.82) is 0 Å². The third kappa shape index (κ3) is 3.99. The Labute approximate surface area is 109 Å². The summed E-state index contributed by atoms with van der Waals surface area (Å²) in [6, 6.07) is 0. The highest BCUT2D eigenvalue weighted by Gasteiger charge is 2.74. The van der Waals surface area contributed by atoms with Crippen LogP contribution in [0.1, 0.15) is 39.0 Å². The summed E-state index contributed by atoms with van der Waals surface area (Å²) in [5.41, 5.74) is 0. The molecule has 0 fully saturated rings. The van der Waals surface area contributed by atoms with Gasteiger partial charge in [0.15, 0.2) is 0 Å². The highest BCUT2D eigenvalue weighted by molar-refractivity contribution is 9.09. The maximum absolute atomic E-state index is 13.1. The molecule has 0 heterocycles. The van der Waals surface area contributed by atoms with Crippen LogP contribution in [0.25, 0.3) is 0 Å². The molecule has 0 amide bonds. The Hall–Kier alpha value is -0.0100. The highest BCUT2D eigenvalue weighted by atomic mass is 79.9. The van der Waals surface area contributed by atoms with Crippen molar-refractivity contribution in [2.45, 2.75) is 61.9 Å². The molecule has 0 aromatic carbocycles. The molecule has 0 N–H and O–H groups in total. The summed E-state index contributed by atoms with van der Waals surface area (Å²) in [4.78, 5) is -2.20. The molecule has 0 aliphatic carbocycles. The highest BCUT2D eigenvalue weighted by Crippen LogP contribution is 2.50. The van der Waals surface area contributed by atoms with Crippen molar-refractivity contribution in [3.05, 3.63) is 0 Å². The molecule has 0 saturated heterocycles. The fourth-order valence-corrected chi connectivity index (χ4v) is 1.93. The summed E-state index contributed by atoms with van der Waals surface area (Å²) in [5.74, 6) is -11.2. The number of hydrogen-bond acceptors (Lipinski definition) is 0. The van der Waals surface area contributed by atoms with Crippen molar-refractivity contribution >= 4 is 15.9 Å². The van der Waals surface area contributed by atoms with Gasteiger partial charge in [0.1, 0.15) is 0 Å². The number of hydrogen-bond donors (Lipinski definition) is 0. The van der Waals surface area contributed by atoms with Crippen LogP contribution in [0.5, 0.6) is 0 Å². The van der Waals surface area contributed by atoms with Crippen molar-refractivity contribution in [2.24, 2.45) is 0 Å². The van der Waals surface area contributed by atoms with E-state index < -0.39 is 29.3 Å². The molecule has 0 aliphatic heterocycles. The second kappa shape index (κ2) is 6.43. The lowest BCUT2D eigenvalue weighted by Gasteiger charge is -2.31. The lowest BCUT2D eigenvalue weighted by Crippen LogP contribution is -2.56. The van der Waals surface area contributed by atoms with Gasteiger partial charge in [0.05, 0.1) is 4.83 Å². The first kappa shape index (κ1) is 18.0. The molecule has 0 aliphatic rings. The largest absolute Gasteiger partial charge is 0.459 e. The fraction of sp³-hybridized carbons (Fsp3) is 1.00. The molecule has 0 aromatic heterocycles. The average Bonchev–Trinajstić information content (AvgIpc) is 2.22. The van der Waals surface area contributed by atoms with Gasteiger partial charge in [-0.2, -0.15) is 30.7 Å². The molecule has 8 heteroatoms. The first-order chi connectivity index (χ1) is 7.98. The van der Waals surface area contributed by atoms with E-state index in [1.807, 2.05) is 6.92 Å². The normalized spacial score (nSPS) is 15.8. The molecule has 1 atom stereocenters. The summed E-state index contributed by atoms with van der Waals surface area (Å²) < 4.78 is 87.1. The summed E-state index contributed by atoms with van der Waals surface area (Å²) in [7, 11) is 0. The van der Waals surface area contributed by atoms with Crippen LogP contribution in [0.3, 0.4) is 0 Å². The quantitative estimate of drug-likeness (QED) is 0.322. The predicted molar refractivity (Wildman–Crippen MR) is 57.4 cm³/mol. The number of rotatable bonds is 7. The Morgan fingerprint density at radius 3 is 1.78 bits per heavy atom. The zero-order valence-corrected chi connectivity index (χ0v) is 11.2. The van der Waals surface area contributed by atoms with Crippen molar-refractivity contribution in [3.8, 4) is 0 Å². The number of halogens is 8. The molecule has 0 spiro atoms.